The van der Waals surface area contributed by atoms with Crippen molar-refractivity contribution in [2.45, 2.75) is 105 Å². The highest BCUT2D eigenvalue weighted by Crippen LogP contribution is 2.67. The standard InChI is InChI=1S/C33H48N2/c1-21(2)9-8-10-22(3)25-15-16-26-24-14-13-23-19-30-31(35-29-12-7-6-11-28(29)34-30)20-33(23,5)27(24)17-18-32(25,26)4/h6-7,11-12,21-27H,8-10,13-20H2,1-5H3. The molecule has 6 rings (SSSR count). The van der Waals surface area contributed by atoms with Gasteiger partial charge in [-0.15, -0.1) is 0 Å². The number of benzene rings is 1. The molecule has 1 aromatic heterocycles. The molecular formula is C33H48N2. The summed E-state index contributed by atoms with van der Waals surface area (Å²) < 4.78 is 0. The van der Waals surface area contributed by atoms with Crippen molar-refractivity contribution in [2.24, 2.45) is 52.3 Å². The lowest BCUT2D eigenvalue weighted by molar-refractivity contribution is -0.104. The highest BCUT2D eigenvalue weighted by atomic mass is 14.8. The Balaban J connectivity index is 1.23. The van der Waals surface area contributed by atoms with Gasteiger partial charge in [0.2, 0.25) is 0 Å². The molecular weight excluding hydrogens is 424 g/mol. The largest absolute Gasteiger partial charge is 0.249 e. The molecule has 2 nitrogen and oxygen atoms in total. The molecule has 2 heteroatoms. The Kier molecular flexibility index (Phi) is 6.05. The molecule has 0 radical (unpaired) electrons. The van der Waals surface area contributed by atoms with E-state index in [0.29, 0.717) is 10.8 Å². The van der Waals surface area contributed by atoms with Crippen LogP contribution in [0.15, 0.2) is 24.3 Å². The Labute approximate surface area is 214 Å². The first-order chi connectivity index (χ1) is 16.8. The zero-order valence-corrected chi connectivity index (χ0v) is 23.0. The second-order valence-corrected chi connectivity index (χ2v) is 14.2. The van der Waals surface area contributed by atoms with E-state index < -0.39 is 0 Å². The monoisotopic (exact) mass is 472 g/mol. The Morgan fingerprint density at radius 3 is 2.29 bits per heavy atom. The topological polar surface area (TPSA) is 25.8 Å². The van der Waals surface area contributed by atoms with Gasteiger partial charge >= 0.3 is 0 Å². The van der Waals surface area contributed by atoms with Crippen molar-refractivity contribution in [1.29, 1.82) is 0 Å². The van der Waals surface area contributed by atoms with Crippen molar-refractivity contribution in [3.8, 4) is 0 Å². The van der Waals surface area contributed by atoms with Crippen molar-refractivity contribution in [1.82, 2.24) is 9.97 Å². The van der Waals surface area contributed by atoms with Crippen molar-refractivity contribution < 1.29 is 0 Å². The summed E-state index contributed by atoms with van der Waals surface area (Å²) in [7, 11) is 0. The average Bonchev–Trinajstić information content (AvgIpc) is 3.18. The van der Waals surface area contributed by atoms with Crippen LogP contribution in [-0.2, 0) is 12.8 Å². The number of fused-ring (bicyclic) bond motifs is 7. The molecule has 0 amide bonds. The number of para-hydroxylation sites is 2. The summed E-state index contributed by atoms with van der Waals surface area (Å²) in [5, 5.41) is 0. The van der Waals surface area contributed by atoms with Gasteiger partial charge in [0.25, 0.3) is 0 Å². The Bertz CT molecular complexity index is 1070. The van der Waals surface area contributed by atoms with E-state index in [1.165, 1.54) is 69.2 Å². The molecule has 1 heterocycles. The maximum atomic E-state index is 5.18. The number of hydrogen-bond acceptors (Lipinski definition) is 2. The Morgan fingerprint density at radius 1 is 0.829 bits per heavy atom. The molecule has 0 bridgehead atoms. The molecule has 3 fully saturated rings. The van der Waals surface area contributed by atoms with Crippen LogP contribution in [0, 0.1) is 52.3 Å². The third-order valence-electron chi connectivity index (χ3n) is 12.0. The van der Waals surface area contributed by atoms with Gasteiger partial charge in [-0.1, -0.05) is 66.0 Å². The summed E-state index contributed by atoms with van der Waals surface area (Å²) in [6, 6.07) is 8.49. The van der Waals surface area contributed by atoms with Gasteiger partial charge in [0.1, 0.15) is 0 Å². The van der Waals surface area contributed by atoms with Gasteiger partial charge < -0.3 is 0 Å². The molecule has 8 atom stereocenters. The number of rotatable bonds is 5. The van der Waals surface area contributed by atoms with Crippen LogP contribution in [0.2, 0.25) is 0 Å². The lowest BCUT2D eigenvalue weighted by atomic mass is 9.44. The quantitative estimate of drug-likeness (QED) is 0.435. The van der Waals surface area contributed by atoms with Crippen LogP contribution in [-0.4, -0.2) is 9.97 Å². The normalized spacial score (nSPS) is 39.1. The molecule has 1 aromatic carbocycles. The third-order valence-corrected chi connectivity index (χ3v) is 12.0. The predicted octanol–water partition coefficient (Wildman–Crippen LogP) is 8.67. The predicted molar refractivity (Wildman–Crippen MR) is 146 cm³/mol. The molecule has 0 N–H and O–H groups in total. The van der Waals surface area contributed by atoms with E-state index in [2.05, 4.69) is 58.9 Å². The lowest BCUT2D eigenvalue weighted by Gasteiger charge is -2.60. The van der Waals surface area contributed by atoms with Gasteiger partial charge in [-0.2, -0.15) is 0 Å². The van der Waals surface area contributed by atoms with Crippen molar-refractivity contribution in [2.75, 3.05) is 0 Å². The summed E-state index contributed by atoms with van der Waals surface area (Å²) in [4.78, 5) is 10.3. The molecule has 0 saturated heterocycles. The van der Waals surface area contributed by atoms with Gasteiger partial charge in [0.15, 0.2) is 0 Å². The van der Waals surface area contributed by atoms with Gasteiger partial charge in [-0.3, -0.25) is 0 Å². The van der Waals surface area contributed by atoms with Crippen molar-refractivity contribution in [3.63, 3.8) is 0 Å². The van der Waals surface area contributed by atoms with Crippen LogP contribution >= 0.6 is 0 Å². The zero-order chi connectivity index (χ0) is 24.4. The molecule has 4 aliphatic rings. The maximum Gasteiger partial charge on any atom is 0.0890 e. The molecule has 35 heavy (non-hydrogen) atoms. The molecule has 4 aliphatic carbocycles. The number of hydrogen-bond donors (Lipinski definition) is 0. The fraction of sp³-hybridized carbons (Fsp3) is 0.758. The number of aromatic nitrogens is 2. The van der Waals surface area contributed by atoms with E-state index in [0.717, 1.165) is 65.3 Å². The Hall–Kier alpha value is -1.44. The summed E-state index contributed by atoms with van der Waals surface area (Å²) in [5.41, 5.74) is 5.79. The van der Waals surface area contributed by atoms with Crippen LogP contribution in [0.5, 0.6) is 0 Å². The van der Waals surface area contributed by atoms with Gasteiger partial charge in [-0.05, 0) is 116 Å². The smallest absolute Gasteiger partial charge is 0.0890 e. The van der Waals surface area contributed by atoms with Crippen LogP contribution < -0.4 is 0 Å². The van der Waals surface area contributed by atoms with E-state index in [4.69, 9.17) is 9.97 Å². The molecule has 8 unspecified atom stereocenters. The third kappa shape index (κ3) is 3.88. The second kappa shape index (κ2) is 8.84. The van der Waals surface area contributed by atoms with Crippen molar-refractivity contribution >= 4 is 11.0 Å². The van der Waals surface area contributed by atoms with Crippen molar-refractivity contribution in [3.05, 3.63) is 35.7 Å². The van der Waals surface area contributed by atoms with Crippen LogP contribution in [0.25, 0.3) is 11.0 Å². The summed E-state index contributed by atoms with van der Waals surface area (Å²) in [5.74, 6) is 6.29. The minimum Gasteiger partial charge on any atom is -0.249 e. The van der Waals surface area contributed by atoms with Gasteiger partial charge in [-0.25, -0.2) is 9.97 Å². The summed E-state index contributed by atoms with van der Waals surface area (Å²) in [6.07, 6.45) is 15.4. The van der Waals surface area contributed by atoms with E-state index in [9.17, 15) is 0 Å². The Morgan fingerprint density at radius 2 is 1.54 bits per heavy atom. The fourth-order valence-corrected chi connectivity index (χ4v) is 10.1. The van der Waals surface area contributed by atoms with Crippen LogP contribution in [0.3, 0.4) is 0 Å². The maximum absolute atomic E-state index is 5.18. The second-order valence-electron chi connectivity index (χ2n) is 14.2. The molecule has 190 valence electrons. The minimum atomic E-state index is 0.412. The molecule has 0 spiro atoms. The molecule has 0 aliphatic heterocycles. The van der Waals surface area contributed by atoms with Gasteiger partial charge in [0, 0.05) is 0 Å². The number of nitrogens with zero attached hydrogens (tertiary/aromatic N) is 2. The highest BCUT2D eigenvalue weighted by Gasteiger charge is 2.60. The first-order valence-electron chi connectivity index (χ1n) is 15.0. The van der Waals surface area contributed by atoms with Gasteiger partial charge in [0.05, 0.1) is 22.4 Å². The van der Waals surface area contributed by atoms with E-state index >= 15 is 0 Å². The van der Waals surface area contributed by atoms with E-state index in [-0.39, 0.29) is 0 Å². The highest BCUT2D eigenvalue weighted by molar-refractivity contribution is 5.74. The van der Waals surface area contributed by atoms with E-state index in [1.54, 1.807) is 0 Å². The first kappa shape index (κ1) is 23.9. The van der Waals surface area contributed by atoms with E-state index in [1.807, 2.05) is 0 Å². The average molecular weight is 473 g/mol. The molecule has 2 aromatic rings. The van der Waals surface area contributed by atoms with Crippen LogP contribution in [0.1, 0.15) is 104 Å². The minimum absolute atomic E-state index is 0.412. The first-order valence-corrected chi connectivity index (χ1v) is 15.0. The zero-order valence-electron chi connectivity index (χ0n) is 23.0. The SMILES string of the molecule is CC(C)CCCC(C)C1CCC2C3CCC4Cc5nc6ccccc6nc5CC4(C)C3CCC12C. The van der Waals surface area contributed by atoms with Crippen LogP contribution in [0.4, 0.5) is 0 Å². The summed E-state index contributed by atoms with van der Waals surface area (Å²) >= 11 is 0. The fourth-order valence-electron chi connectivity index (χ4n) is 10.1. The summed E-state index contributed by atoms with van der Waals surface area (Å²) in [6.45, 7) is 12.8. The lowest BCUT2D eigenvalue weighted by Crippen LogP contribution is -2.54. The molecule has 3 saturated carbocycles.